The van der Waals surface area contributed by atoms with Crippen molar-refractivity contribution in [1.29, 1.82) is 0 Å². The first-order valence-electron chi connectivity index (χ1n) is 5.30. The fraction of sp³-hybridized carbons (Fsp3) is 0.286. The molecule has 1 aliphatic rings. The van der Waals surface area contributed by atoms with Crippen molar-refractivity contribution in [2.45, 2.75) is 25.7 Å². The first-order valence-corrected chi connectivity index (χ1v) is 5.30. The van der Waals surface area contributed by atoms with E-state index in [0.29, 0.717) is 0 Å². The fourth-order valence-electron chi connectivity index (χ4n) is 1.21. The quantitative estimate of drug-likeness (QED) is 0.528. The van der Waals surface area contributed by atoms with Gasteiger partial charge in [-0.1, -0.05) is 60.8 Å². The molecule has 0 heterocycles. The number of rotatable bonds is 0. The van der Waals surface area contributed by atoms with Crippen molar-refractivity contribution in [1.82, 2.24) is 0 Å². The molecule has 0 fully saturated rings. The van der Waals surface area contributed by atoms with Crippen LogP contribution < -0.4 is 0 Å². The maximum Gasteiger partial charge on any atom is -0.0313 e. The van der Waals surface area contributed by atoms with Crippen molar-refractivity contribution >= 4 is 0 Å². The maximum atomic E-state index is 2.21. The molecular formula is C14H18. The minimum Gasteiger partial charge on any atom is -0.0842 e. The Labute approximate surface area is 87.0 Å². The molecule has 0 aliphatic heterocycles. The Balaban J connectivity index is 2.45. The molecule has 0 spiro atoms. The van der Waals surface area contributed by atoms with Gasteiger partial charge in [0.1, 0.15) is 0 Å². The Morgan fingerprint density at radius 3 is 1.00 bits per heavy atom. The molecule has 0 bridgehead atoms. The zero-order valence-corrected chi connectivity index (χ0v) is 8.60. The lowest BCUT2D eigenvalue weighted by atomic mass is 10.2. The first kappa shape index (κ1) is 10.8. The highest BCUT2D eigenvalue weighted by molar-refractivity contribution is 5.12. The van der Waals surface area contributed by atoms with Gasteiger partial charge in [-0.05, 0) is 25.7 Å². The van der Waals surface area contributed by atoms with Gasteiger partial charge < -0.3 is 0 Å². The zero-order chi connectivity index (χ0) is 9.90. The minimum absolute atomic E-state index is 1.12. The summed E-state index contributed by atoms with van der Waals surface area (Å²) in [5, 5.41) is 0. The average molecular weight is 186 g/mol. The lowest BCUT2D eigenvalue weighted by Gasteiger charge is -1.87. The number of hydrogen-bond acceptors (Lipinski definition) is 0. The number of allylic oxidation sites excluding steroid dienone is 10. The van der Waals surface area contributed by atoms with Crippen LogP contribution in [0.3, 0.4) is 0 Å². The largest absolute Gasteiger partial charge is 0.0842 e. The predicted molar refractivity (Wildman–Crippen MR) is 64.2 cm³/mol. The van der Waals surface area contributed by atoms with Gasteiger partial charge in [-0.3, -0.25) is 0 Å². The summed E-state index contributed by atoms with van der Waals surface area (Å²) < 4.78 is 0. The second-order valence-electron chi connectivity index (χ2n) is 3.25. The van der Waals surface area contributed by atoms with Gasteiger partial charge in [0, 0.05) is 0 Å². The van der Waals surface area contributed by atoms with Crippen LogP contribution in [0.2, 0.25) is 0 Å². The summed E-state index contributed by atoms with van der Waals surface area (Å²) in [5.74, 6) is 0. The molecule has 0 saturated carbocycles. The molecule has 0 nitrogen and oxygen atoms in total. The standard InChI is InChI=1S/C14H18/c1-2-4-6-8-10-12-14-13-11-9-7-5-3-1/h1-6,11-14H,7-10H2/b2-1?,5-3+,6-4?,13-11+,14-12+. The third-order valence-electron chi connectivity index (χ3n) is 1.99. The van der Waals surface area contributed by atoms with E-state index >= 15 is 0 Å². The van der Waals surface area contributed by atoms with Gasteiger partial charge >= 0.3 is 0 Å². The van der Waals surface area contributed by atoms with E-state index in [0.717, 1.165) is 25.7 Å². The molecule has 1 rings (SSSR count). The van der Waals surface area contributed by atoms with Crippen LogP contribution in [-0.4, -0.2) is 0 Å². The Morgan fingerprint density at radius 2 is 0.643 bits per heavy atom. The van der Waals surface area contributed by atoms with Crippen molar-refractivity contribution < 1.29 is 0 Å². The Morgan fingerprint density at radius 1 is 0.357 bits per heavy atom. The van der Waals surface area contributed by atoms with Crippen molar-refractivity contribution in [3.05, 3.63) is 60.8 Å². The summed E-state index contributed by atoms with van der Waals surface area (Å²) in [6.07, 6.45) is 26.0. The van der Waals surface area contributed by atoms with Gasteiger partial charge in [0.25, 0.3) is 0 Å². The Hall–Kier alpha value is -1.30. The minimum atomic E-state index is 1.12. The Bertz CT molecular complexity index is 234. The summed E-state index contributed by atoms with van der Waals surface area (Å²) in [7, 11) is 0. The van der Waals surface area contributed by atoms with E-state index in [4.69, 9.17) is 0 Å². The molecule has 0 amide bonds. The van der Waals surface area contributed by atoms with E-state index in [1.54, 1.807) is 0 Å². The van der Waals surface area contributed by atoms with Gasteiger partial charge in [0.05, 0.1) is 0 Å². The predicted octanol–water partition coefficient (Wildman–Crippen LogP) is 4.34. The molecule has 1 aliphatic carbocycles. The summed E-state index contributed by atoms with van der Waals surface area (Å²) in [6, 6.07) is 0. The molecule has 0 saturated heterocycles. The highest BCUT2D eigenvalue weighted by Gasteiger charge is 1.77. The fourth-order valence-corrected chi connectivity index (χ4v) is 1.21. The van der Waals surface area contributed by atoms with E-state index in [9.17, 15) is 0 Å². The van der Waals surface area contributed by atoms with Crippen LogP contribution in [0.15, 0.2) is 60.8 Å². The van der Waals surface area contributed by atoms with Crippen LogP contribution in [0.5, 0.6) is 0 Å². The topological polar surface area (TPSA) is 0 Å². The lowest BCUT2D eigenvalue weighted by Crippen LogP contribution is -1.66. The van der Waals surface area contributed by atoms with E-state index < -0.39 is 0 Å². The molecule has 0 aromatic rings. The molecule has 0 aromatic heterocycles. The van der Waals surface area contributed by atoms with Crippen molar-refractivity contribution in [3.8, 4) is 0 Å². The monoisotopic (exact) mass is 186 g/mol. The van der Waals surface area contributed by atoms with Gasteiger partial charge in [0.15, 0.2) is 0 Å². The van der Waals surface area contributed by atoms with Crippen LogP contribution in [0, 0.1) is 0 Å². The van der Waals surface area contributed by atoms with Crippen LogP contribution in [0.1, 0.15) is 25.7 Å². The van der Waals surface area contributed by atoms with E-state index in [2.05, 4.69) is 60.8 Å². The van der Waals surface area contributed by atoms with Gasteiger partial charge in [0.2, 0.25) is 0 Å². The third-order valence-corrected chi connectivity index (χ3v) is 1.99. The zero-order valence-electron chi connectivity index (χ0n) is 8.60. The van der Waals surface area contributed by atoms with Crippen LogP contribution in [-0.2, 0) is 0 Å². The second-order valence-corrected chi connectivity index (χ2v) is 3.25. The summed E-state index contributed by atoms with van der Waals surface area (Å²) in [5.41, 5.74) is 0. The molecule has 0 radical (unpaired) electrons. The molecule has 0 heteroatoms. The van der Waals surface area contributed by atoms with E-state index in [-0.39, 0.29) is 0 Å². The van der Waals surface area contributed by atoms with Crippen molar-refractivity contribution in [2.24, 2.45) is 0 Å². The SMILES string of the molecule is C1=C/C=C/CC/C=C/C=C/CCC=C1. The normalized spacial score (nSPS) is 25.1. The van der Waals surface area contributed by atoms with E-state index in [1.165, 1.54) is 0 Å². The van der Waals surface area contributed by atoms with Crippen molar-refractivity contribution in [3.63, 3.8) is 0 Å². The summed E-state index contributed by atoms with van der Waals surface area (Å²) in [4.78, 5) is 0. The maximum absolute atomic E-state index is 2.21. The van der Waals surface area contributed by atoms with Crippen molar-refractivity contribution in [2.75, 3.05) is 0 Å². The van der Waals surface area contributed by atoms with E-state index in [1.807, 2.05) is 0 Å². The molecule has 0 aromatic carbocycles. The number of hydrogen-bond donors (Lipinski definition) is 0. The van der Waals surface area contributed by atoms with Gasteiger partial charge in [-0.15, -0.1) is 0 Å². The van der Waals surface area contributed by atoms with Gasteiger partial charge in [-0.25, -0.2) is 0 Å². The molecule has 14 heavy (non-hydrogen) atoms. The molecule has 0 N–H and O–H groups in total. The van der Waals surface area contributed by atoms with Crippen LogP contribution in [0.4, 0.5) is 0 Å². The first-order chi connectivity index (χ1) is 7.00. The highest BCUT2D eigenvalue weighted by Crippen LogP contribution is 1.97. The molecule has 0 atom stereocenters. The van der Waals surface area contributed by atoms with Crippen LogP contribution in [0.25, 0.3) is 0 Å². The molecular weight excluding hydrogens is 168 g/mol. The smallest absolute Gasteiger partial charge is 0.0313 e. The van der Waals surface area contributed by atoms with Gasteiger partial charge in [-0.2, -0.15) is 0 Å². The van der Waals surface area contributed by atoms with Crippen LogP contribution >= 0.6 is 0 Å². The summed E-state index contributed by atoms with van der Waals surface area (Å²) in [6.45, 7) is 0. The Kier molecular flexibility index (Phi) is 6.39. The summed E-state index contributed by atoms with van der Waals surface area (Å²) >= 11 is 0. The second kappa shape index (κ2) is 8.31. The molecule has 0 unspecified atom stereocenters. The lowest BCUT2D eigenvalue weighted by molar-refractivity contribution is 1.04. The third kappa shape index (κ3) is 6.24. The highest BCUT2D eigenvalue weighted by atomic mass is 13.8. The average Bonchev–Trinajstić information content (AvgIpc) is 2.22. The molecule has 74 valence electrons.